The second-order valence-corrected chi connectivity index (χ2v) is 3.38. The van der Waals surface area contributed by atoms with Crippen molar-refractivity contribution in [1.29, 1.82) is 0 Å². The predicted molar refractivity (Wildman–Crippen MR) is 67.0 cm³/mol. The highest BCUT2D eigenvalue weighted by atomic mass is 19.1. The van der Waals surface area contributed by atoms with Crippen molar-refractivity contribution in [3.8, 4) is 0 Å². The molecule has 0 aliphatic rings. The molecule has 0 unspecified atom stereocenters. The molecule has 19 heavy (non-hydrogen) atoms. The highest BCUT2D eigenvalue weighted by molar-refractivity contribution is 5.87. The van der Waals surface area contributed by atoms with Crippen LogP contribution in [-0.4, -0.2) is 21.0 Å². The summed E-state index contributed by atoms with van der Waals surface area (Å²) in [5, 5.41) is 8.43. The molecule has 0 fully saturated rings. The van der Waals surface area contributed by atoms with Crippen molar-refractivity contribution >= 4 is 17.5 Å². The van der Waals surface area contributed by atoms with Gasteiger partial charge in [0.15, 0.2) is 5.82 Å². The molecule has 2 aromatic rings. The fourth-order valence-corrected chi connectivity index (χ4v) is 1.02. The summed E-state index contributed by atoms with van der Waals surface area (Å²) in [6, 6.07) is 6.06. The zero-order valence-corrected chi connectivity index (χ0v) is 9.63. The van der Waals surface area contributed by atoms with E-state index in [0.717, 1.165) is 6.20 Å². The zero-order chi connectivity index (χ0) is 14.4. The van der Waals surface area contributed by atoms with Gasteiger partial charge in [0.2, 0.25) is 0 Å². The van der Waals surface area contributed by atoms with Gasteiger partial charge in [-0.2, -0.15) is 4.98 Å². The highest BCUT2D eigenvalue weighted by Crippen LogP contribution is 2.04. The van der Waals surface area contributed by atoms with Gasteiger partial charge in [0.1, 0.15) is 5.82 Å². The van der Waals surface area contributed by atoms with Crippen molar-refractivity contribution in [3.05, 3.63) is 52.3 Å². The van der Waals surface area contributed by atoms with E-state index < -0.39 is 17.5 Å². The van der Waals surface area contributed by atoms with Crippen LogP contribution in [0, 0.1) is 5.82 Å². The van der Waals surface area contributed by atoms with Gasteiger partial charge in [0.25, 0.3) is 0 Å². The number of H-pyrrole nitrogens is 1. The highest BCUT2D eigenvalue weighted by Gasteiger charge is 1.98. The van der Waals surface area contributed by atoms with Gasteiger partial charge in [-0.15, -0.1) is 0 Å². The standard InChI is InChI=1S/C7H7NO2.C4H4FN3O/c8-6-3-1-5(2-4-6)7(9)10;5-2-1-7-4(9)8-3(2)6/h1-4H,8H2,(H,9,10);1H,(H3,6,7,8,9). The number of hydrogen-bond donors (Lipinski definition) is 4. The lowest BCUT2D eigenvalue weighted by Crippen LogP contribution is -2.12. The molecule has 0 aliphatic carbocycles. The van der Waals surface area contributed by atoms with Crippen LogP contribution in [-0.2, 0) is 0 Å². The minimum atomic E-state index is -0.931. The summed E-state index contributed by atoms with van der Waals surface area (Å²) in [7, 11) is 0. The van der Waals surface area contributed by atoms with Crippen LogP contribution in [0.4, 0.5) is 15.9 Å². The van der Waals surface area contributed by atoms with Crippen molar-refractivity contribution in [3.63, 3.8) is 0 Å². The van der Waals surface area contributed by atoms with E-state index in [1.807, 2.05) is 4.98 Å². The number of nitrogen functional groups attached to an aromatic ring is 2. The van der Waals surface area contributed by atoms with E-state index in [2.05, 4.69) is 4.98 Å². The van der Waals surface area contributed by atoms with Crippen molar-refractivity contribution in [2.45, 2.75) is 0 Å². The summed E-state index contributed by atoms with van der Waals surface area (Å²) in [5.74, 6) is -1.93. The van der Waals surface area contributed by atoms with Crippen molar-refractivity contribution in [1.82, 2.24) is 9.97 Å². The van der Waals surface area contributed by atoms with E-state index in [1.54, 1.807) is 12.1 Å². The van der Waals surface area contributed by atoms with Gasteiger partial charge < -0.3 is 16.6 Å². The molecule has 7 nitrogen and oxygen atoms in total. The average Bonchev–Trinajstić information content (AvgIpc) is 2.35. The normalized spacial score (nSPS) is 9.32. The number of aromatic amines is 1. The Morgan fingerprint density at radius 1 is 1.26 bits per heavy atom. The molecular formula is C11H11FN4O3. The number of carbonyl (C=O) groups is 1. The first kappa shape index (κ1) is 14.2. The number of carboxylic acid groups (broad SMARTS) is 1. The first-order valence-corrected chi connectivity index (χ1v) is 4.99. The van der Waals surface area contributed by atoms with Crippen LogP contribution in [0.5, 0.6) is 0 Å². The number of carboxylic acids is 1. The quantitative estimate of drug-likeness (QED) is 0.554. The van der Waals surface area contributed by atoms with E-state index in [1.165, 1.54) is 12.1 Å². The zero-order valence-electron chi connectivity index (χ0n) is 9.63. The maximum absolute atomic E-state index is 12.1. The molecule has 8 heteroatoms. The molecule has 0 amide bonds. The lowest BCUT2D eigenvalue weighted by Gasteiger charge is -1.93. The molecule has 2 rings (SSSR count). The van der Waals surface area contributed by atoms with Crippen molar-refractivity contribution in [2.24, 2.45) is 0 Å². The summed E-state index contributed by atoms with van der Waals surface area (Å²) in [6.07, 6.45) is 0.772. The maximum Gasteiger partial charge on any atom is 0.346 e. The molecule has 0 atom stereocenters. The van der Waals surface area contributed by atoms with Gasteiger partial charge >= 0.3 is 11.7 Å². The van der Waals surface area contributed by atoms with Crippen LogP contribution < -0.4 is 17.2 Å². The van der Waals surface area contributed by atoms with Gasteiger partial charge in [-0.25, -0.2) is 14.0 Å². The SMILES string of the molecule is Nc1[nH]c(=O)ncc1F.Nc1ccc(C(=O)O)cc1. The number of nitrogens with one attached hydrogen (secondary N) is 1. The number of aromatic carboxylic acids is 1. The Labute approximate surface area is 106 Å². The molecule has 0 radical (unpaired) electrons. The average molecular weight is 266 g/mol. The van der Waals surface area contributed by atoms with Gasteiger partial charge in [-0.3, -0.25) is 4.98 Å². The maximum atomic E-state index is 12.1. The molecule has 0 saturated heterocycles. The fraction of sp³-hybridized carbons (Fsp3) is 0. The number of benzene rings is 1. The number of halogens is 1. The second kappa shape index (κ2) is 6.15. The van der Waals surface area contributed by atoms with Crippen LogP contribution in [0.1, 0.15) is 10.4 Å². The number of aromatic nitrogens is 2. The van der Waals surface area contributed by atoms with E-state index >= 15 is 0 Å². The Hall–Kier alpha value is -2.90. The number of nitrogens with two attached hydrogens (primary N) is 2. The third kappa shape index (κ3) is 4.46. The fourth-order valence-electron chi connectivity index (χ4n) is 1.02. The monoisotopic (exact) mass is 266 g/mol. The molecular weight excluding hydrogens is 255 g/mol. The molecule has 1 heterocycles. The molecule has 0 aliphatic heterocycles. The summed E-state index contributed by atoms with van der Waals surface area (Å²) in [4.78, 5) is 25.5. The molecule has 1 aromatic heterocycles. The Bertz CT molecular complexity index is 625. The summed E-state index contributed by atoms with van der Waals surface area (Å²) in [6.45, 7) is 0. The third-order valence-electron chi connectivity index (χ3n) is 1.95. The van der Waals surface area contributed by atoms with Crippen molar-refractivity contribution in [2.75, 3.05) is 11.5 Å². The number of nitrogens with zero attached hydrogens (tertiary/aromatic N) is 1. The minimum Gasteiger partial charge on any atom is -0.478 e. The van der Waals surface area contributed by atoms with Crippen LogP contribution in [0.15, 0.2) is 35.3 Å². The van der Waals surface area contributed by atoms with Gasteiger partial charge in [-0.1, -0.05) is 0 Å². The first-order chi connectivity index (χ1) is 8.90. The lowest BCUT2D eigenvalue weighted by molar-refractivity contribution is 0.0697. The van der Waals surface area contributed by atoms with E-state index in [-0.39, 0.29) is 11.4 Å². The van der Waals surface area contributed by atoms with Crippen LogP contribution in [0.3, 0.4) is 0 Å². The summed E-state index contributed by atoms with van der Waals surface area (Å²) in [5.41, 5.74) is 10.5. The molecule has 1 aromatic carbocycles. The summed E-state index contributed by atoms with van der Waals surface area (Å²) < 4.78 is 12.1. The number of rotatable bonds is 1. The minimum absolute atomic E-state index is 0.259. The Morgan fingerprint density at radius 2 is 1.84 bits per heavy atom. The Balaban J connectivity index is 0.000000191. The van der Waals surface area contributed by atoms with Gasteiger partial charge in [0, 0.05) is 5.69 Å². The van der Waals surface area contributed by atoms with Gasteiger partial charge in [0.05, 0.1) is 11.8 Å². The number of hydrogen-bond acceptors (Lipinski definition) is 5. The lowest BCUT2D eigenvalue weighted by atomic mass is 10.2. The molecule has 0 saturated carbocycles. The van der Waals surface area contributed by atoms with Crippen molar-refractivity contribution < 1.29 is 14.3 Å². The second-order valence-electron chi connectivity index (χ2n) is 3.38. The van der Waals surface area contributed by atoms with Crippen LogP contribution in [0.25, 0.3) is 0 Å². The largest absolute Gasteiger partial charge is 0.478 e. The molecule has 100 valence electrons. The van der Waals surface area contributed by atoms with Gasteiger partial charge in [-0.05, 0) is 24.3 Å². The Morgan fingerprint density at radius 3 is 2.26 bits per heavy atom. The molecule has 0 bridgehead atoms. The van der Waals surface area contributed by atoms with E-state index in [0.29, 0.717) is 5.69 Å². The topological polar surface area (TPSA) is 135 Å². The third-order valence-corrected chi connectivity index (χ3v) is 1.95. The Kier molecular flexibility index (Phi) is 4.58. The van der Waals surface area contributed by atoms with Crippen LogP contribution in [0.2, 0.25) is 0 Å². The molecule has 0 spiro atoms. The first-order valence-electron chi connectivity index (χ1n) is 4.99. The van der Waals surface area contributed by atoms with E-state index in [9.17, 15) is 14.0 Å². The van der Waals surface area contributed by atoms with Crippen LogP contribution >= 0.6 is 0 Å². The molecule has 6 N–H and O–H groups in total. The van der Waals surface area contributed by atoms with E-state index in [4.69, 9.17) is 16.6 Å². The summed E-state index contributed by atoms with van der Waals surface area (Å²) >= 11 is 0. The predicted octanol–water partition coefficient (Wildman–Crippen LogP) is 0.458. The number of anilines is 2. The smallest absolute Gasteiger partial charge is 0.346 e.